The van der Waals surface area contributed by atoms with E-state index in [0.29, 0.717) is 0 Å². The van der Waals surface area contributed by atoms with Crippen LogP contribution in [0, 0.1) is 0 Å². The average molecular weight is 699 g/mol. The lowest BCUT2D eigenvalue weighted by Gasteiger charge is -2.43. The van der Waals surface area contributed by atoms with Gasteiger partial charge in [0.2, 0.25) is 0 Å². The molecule has 0 atom stereocenters. The van der Waals surface area contributed by atoms with Crippen LogP contribution in [0.4, 0.5) is 17.1 Å². The number of benzene rings is 9. The summed E-state index contributed by atoms with van der Waals surface area (Å²) >= 11 is 0. The third-order valence-corrected chi connectivity index (χ3v) is 12.2. The first kappa shape index (κ1) is 30.3. The molecule has 9 aromatic carbocycles. The van der Waals surface area contributed by atoms with Crippen molar-refractivity contribution in [1.82, 2.24) is 4.57 Å². The predicted molar refractivity (Wildman–Crippen MR) is 229 cm³/mol. The van der Waals surface area contributed by atoms with E-state index in [2.05, 4.69) is 216 Å². The molecule has 1 aromatic heterocycles. The molecule has 0 N–H and O–H groups in total. The van der Waals surface area contributed by atoms with E-state index in [1.807, 2.05) is 0 Å². The highest BCUT2D eigenvalue weighted by molar-refractivity contribution is 6.11. The Kier molecular flexibility index (Phi) is 6.29. The molecule has 2 nitrogen and oxygen atoms in total. The standard InChI is InChI=1S/C53H34N2/c1-3-13-35(14-4-1)36-25-27-39(28-26-36)54(41-30-32-45-44-20-8-10-24-50(44)55(51(45)34-41)38-17-5-2-6-18-38)40-29-31-43-42-19-7-9-21-46(42)53(49(43)33-40)47-22-11-15-37-16-12-23-48(53)52(37)47/h1-34H. The van der Waals surface area contributed by atoms with Crippen LogP contribution in [0.25, 0.3) is 60.5 Å². The Morgan fingerprint density at radius 2 is 0.945 bits per heavy atom. The monoisotopic (exact) mass is 698 g/mol. The number of anilines is 3. The van der Waals surface area contributed by atoms with Gasteiger partial charge < -0.3 is 9.47 Å². The fraction of sp³-hybridized carbons (Fsp3) is 0.0189. The van der Waals surface area contributed by atoms with Crippen molar-refractivity contribution in [2.75, 3.05) is 4.90 Å². The zero-order valence-electron chi connectivity index (χ0n) is 30.0. The van der Waals surface area contributed by atoms with Crippen LogP contribution in [0.5, 0.6) is 0 Å². The fourth-order valence-corrected chi connectivity index (χ4v) is 9.87. The summed E-state index contributed by atoms with van der Waals surface area (Å²) in [6.07, 6.45) is 0. The summed E-state index contributed by atoms with van der Waals surface area (Å²) in [5, 5.41) is 5.20. The zero-order chi connectivity index (χ0) is 36.1. The predicted octanol–water partition coefficient (Wildman–Crippen LogP) is 13.8. The van der Waals surface area contributed by atoms with E-state index >= 15 is 0 Å². The van der Waals surface area contributed by atoms with Gasteiger partial charge in [-0.05, 0) is 110 Å². The van der Waals surface area contributed by atoms with Gasteiger partial charge in [-0.3, -0.25) is 0 Å². The smallest absolute Gasteiger partial charge is 0.0726 e. The topological polar surface area (TPSA) is 8.17 Å². The summed E-state index contributed by atoms with van der Waals surface area (Å²) in [5.74, 6) is 0. The third kappa shape index (κ3) is 4.14. The normalized spacial score (nSPS) is 13.2. The second-order valence-electron chi connectivity index (χ2n) is 14.9. The van der Waals surface area contributed by atoms with E-state index in [9.17, 15) is 0 Å². The first-order chi connectivity index (χ1) is 27.3. The molecule has 0 amide bonds. The minimum atomic E-state index is -0.315. The van der Waals surface area contributed by atoms with Crippen molar-refractivity contribution >= 4 is 49.6 Å². The Bertz CT molecular complexity index is 3100. The number of hydrogen-bond acceptors (Lipinski definition) is 1. The average Bonchev–Trinajstić information content (AvgIpc) is 3.75. The Balaban J connectivity index is 1.10. The van der Waals surface area contributed by atoms with Crippen LogP contribution in [-0.4, -0.2) is 4.57 Å². The van der Waals surface area contributed by atoms with E-state index in [-0.39, 0.29) is 5.41 Å². The minimum Gasteiger partial charge on any atom is -0.310 e. The Morgan fingerprint density at radius 3 is 1.75 bits per heavy atom. The maximum Gasteiger partial charge on any atom is 0.0726 e. The summed E-state index contributed by atoms with van der Waals surface area (Å²) in [6.45, 7) is 0. The molecular weight excluding hydrogens is 665 g/mol. The Morgan fingerprint density at radius 1 is 0.364 bits per heavy atom. The molecular formula is C53H34N2. The van der Waals surface area contributed by atoms with E-state index in [1.54, 1.807) is 0 Å². The van der Waals surface area contributed by atoms with Crippen LogP contribution >= 0.6 is 0 Å². The summed E-state index contributed by atoms with van der Waals surface area (Å²) in [6, 6.07) is 76.0. The van der Waals surface area contributed by atoms with Gasteiger partial charge in [-0.1, -0.05) is 152 Å². The zero-order valence-corrected chi connectivity index (χ0v) is 30.0. The molecule has 0 saturated carbocycles. The molecule has 2 aliphatic rings. The van der Waals surface area contributed by atoms with Crippen molar-refractivity contribution < 1.29 is 0 Å². The lowest BCUT2D eigenvalue weighted by Crippen LogP contribution is -2.36. The highest BCUT2D eigenvalue weighted by Crippen LogP contribution is 2.64. The SMILES string of the molecule is c1ccc(-c2ccc(N(c3ccc4c(c3)C3(c5ccccc5-4)c4cccc5cccc3c45)c3ccc4c5ccccc5n(-c5ccccc5)c4c3)cc2)cc1. The number of para-hydroxylation sites is 2. The lowest BCUT2D eigenvalue weighted by molar-refractivity contribution is 0.745. The van der Waals surface area contributed by atoms with Gasteiger partial charge >= 0.3 is 0 Å². The van der Waals surface area contributed by atoms with Gasteiger partial charge in [-0.2, -0.15) is 0 Å². The number of rotatable bonds is 5. The molecule has 12 rings (SSSR count). The number of nitrogens with zero attached hydrogens (tertiary/aromatic N) is 2. The molecule has 2 aliphatic carbocycles. The van der Waals surface area contributed by atoms with Crippen LogP contribution in [-0.2, 0) is 5.41 Å². The first-order valence-corrected chi connectivity index (χ1v) is 19.1. The van der Waals surface area contributed by atoms with Crippen LogP contribution in [0.3, 0.4) is 0 Å². The van der Waals surface area contributed by atoms with Gasteiger partial charge in [0.25, 0.3) is 0 Å². The molecule has 1 spiro atoms. The van der Waals surface area contributed by atoms with Gasteiger partial charge in [0, 0.05) is 33.5 Å². The number of aromatic nitrogens is 1. The third-order valence-electron chi connectivity index (χ3n) is 12.2. The molecule has 10 aromatic rings. The molecule has 256 valence electrons. The summed E-state index contributed by atoms with van der Waals surface area (Å²) in [7, 11) is 0. The van der Waals surface area contributed by atoms with Crippen molar-refractivity contribution in [2.45, 2.75) is 5.41 Å². The highest BCUT2D eigenvalue weighted by Gasteiger charge is 2.53. The molecule has 1 heterocycles. The van der Waals surface area contributed by atoms with E-state index in [4.69, 9.17) is 0 Å². The lowest BCUT2D eigenvalue weighted by atomic mass is 9.58. The molecule has 0 saturated heterocycles. The van der Waals surface area contributed by atoms with Gasteiger partial charge in [0.1, 0.15) is 0 Å². The van der Waals surface area contributed by atoms with Crippen LogP contribution in [0.1, 0.15) is 22.3 Å². The largest absolute Gasteiger partial charge is 0.310 e. The van der Waals surface area contributed by atoms with Crippen LogP contribution in [0.15, 0.2) is 206 Å². The second-order valence-corrected chi connectivity index (χ2v) is 14.9. The minimum absolute atomic E-state index is 0.315. The van der Waals surface area contributed by atoms with Crippen molar-refractivity contribution in [3.63, 3.8) is 0 Å². The van der Waals surface area contributed by atoms with E-state index in [0.717, 1.165) is 22.7 Å². The van der Waals surface area contributed by atoms with Gasteiger partial charge in [0.05, 0.1) is 16.4 Å². The summed E-state index contributed by atoms with van der Waals surface area (Å²) < 4.78 is 2.41. The van der Waals surface area contributed by atoms with E-state index in [1.165, 1.54) is 77.1 Å². The van der Waals surface area contributed by atoms with Gasteiger partial charge in [-0.15, -0.1) is 0 Å². The molecule has 0 unspecified atom stereocenters. The Hall–Kier alpha value is -7.16. The maximum atomic E-state index is 2.48. The molecule has 55 heavy (non-hydrogen) atoms. The quantitative estimate of drug-likeness (QED) is 0.174. The molecule has 2 heteroatoms. The Labute approximate surface area is 319 Å². The van der Waals surface area contributed by atoms with Crippen molar-refractivity contribution in [2.24, 2.45) is 0 Å². The number of fused-ring (bicyclic) bond motifs is 10. The van der Waals surface area contributed by atoms with Crippen molar-refractivity contribution in [3.05, 3.63) is 229 Å². The number of hydrogen-bond donors (Lipinski definition) is 0. The molecule has 0 bridgehead atoms. The fourth-order valence-electron chi connectivity index (χ4n) is 9.87. The first-order valence-electron chi connectivity index (χ1n) is 19.1. The van der Waals surface area contributed by atoms with Crippen LogP contribution in [0.2, 0.25) is 0 Å². The molecule has 0 radical (unpaired) electrons. The highest BCUT2D eigenvalue weighted by atomic mass is 15.1. The van der Waals surface area contributed by atoms with Crippen molar-refractivity contribution in [1.29, 1.82) is 0 Å². The van der Waals surface area contributed by atoms with Gasteiger partial charge in [0.15, 0.2) is 0 Å². The van der Waals surface area contributed by atoms with E-state index < -0.39 is 0 Å². The summed E-state index contributed by atoms with van der Waals surface area (Å²) in [5.41, 5.74) is 17.2. The van der Waals surface area contributed by atoms with Crippen molar-refractivity contribution in [3.8, 4) is 27.9 Å². The van der Waals surface area contributed by atoms with Crippen LogP contribution < -0.4 is 4.90 Å². The molecule has 0 aliphatic heterocycles. The van der Waals surface area contributed by atoms with Gasteiger partial charge in [-0.25, -0.2) is 0 Å². The molecule has 0 fully saturated rings. The summed E-state index contributed by atoms with van der Waals surface area (Å²) in [4.78, 5) is 2.45. The second kappa shape index (κ2) is 11.4. The maximum absolute atomic E-state index is 2.48.